The number of rotatable bonds is 3. The van der Waals surface area contributed by atoms with Crippen molar-refractivity contribution in [3.63, 3.8) is 0 Å². The van der Waals surface area contributed by atoms with Gasteiger partial charge >= 0.3 is 0 Å². The van der Waals surface area contributed by atoms with Crippen LogP contribution in [0.1, 0.15) is 21.7 Å². The minimum atomic E-state index is -0.0509. The zero-order valence-corrected chi connectivity index (χ0v) is 17.4. The number of piperazine rings is 1. The van der Waals surface area contributed by atoms with Crippen LogP contribution in [-0.4, -0.2) is 56.3 Å². The molecule has 1 aliphatic heterocycles. The fourth-order valence-electron chi connectivity index (χ4n) is 3.96. The van der Waals surface area contributed by atoms with E-state index in [0.29, 0.717) is 30.2 Å². The second-order valence-electron chi connectivity index (χ2n) is 7.54. The summed E-state index contributed by atoms with van der Waals surface area (Å²) in [5.74, 6) is 0.0488. The normalized spacial score (nSPS) is 15.2. The topological polar surface area (TPSA) is 70.8 Å². The highest BCUT2D eigenvalue weighted by molar-refractivity contribution is 7.15. The number of amides is 1. The lowest BCUT2D eigenvalue weighted by molar-refractivity contribution is 0.0629. The molecule has 0 spiro atoms. The first kappa shape index (κ1) is 18.9. The van der Waals surface area contributed by atoms with Gasteiger partial charge in [0.2, 0.25) is 0 Å². The van der Waals surface area contributed by atoms with Gasteiger partial charge in [-0.25, -0.2) is 4.98 Å². The molecule has 4 aromatic rings. The van der Waals surface area contributed by atoms with Crippen molar-refractivity contribution >= 4 is 33.1 Å². The van der Waals surface area contributed by atoms with Crippen molar-refractivity contribution in [1.82, 2.24) is 24.2 Å². The van der Waals surface area contributed by atoms with Crippen LogP contribution in [0.5, 0.6) is 0 Å². The molecule has 8 heteroatoms. The fourth-order valence-corrected chi connectivity index (χ4v) is 4.70. The van der Waals surface area contributed by atoms with E-state index in [0.717, 1.165) is 35.4 Å². The predicted molar refractivity (Wildman–Crippen MR) is 117 cm³/mol. The third-order valence-corrected chi connectivity index (χ3v) is 6.23. The third kappa shape index (κ3) is 3.48. The van der Waals surface area contributed by atoms with Crippen LogP contribution in [-0.2, 0) is 6.54 Å². The smallest absolute Gasteiger partial charge is 0.258 e. The van der Waals surface area contributed by atoms with Crippen molar-refractivity contribution in [3.05, 3.63) is 75.3 Å². The molecule has 0 radical (unpaired) electrons. The van der Waals surface area contributed by atoms with E-state index in [-0.39, 0.29) is 11.5 Å². The molecule has 1 amide bonds. The van der Waals surface area contributed by atoms with E-state index in [4.69, 9.17) is 0 Å². The van der Waals surface area contributed by atoms with Crippen LogP contribution in [0.2, 0.25) is 0 Å². The zero-order valence-electron chi connectivity index (χ0n) is 16.6. The number of benzene rings is 1. The zero-order chi connectivity index (χ0) is 20.7. The van der Waals surface area contributed by atoms with Gasteiger partial charge in [-0.1, -0.05) is 18.2 Å². The molecule has 0 unspecified atom stereocenters. The predicted octanol–water partition coefficient (Wildman–Crippen LogP) is 2.57. The van der Waals surface area contributed by atoms with Crippen LogP contribution in [0.25, 0.3) is 15.9 Å². The summed E-state index contributed by atoms with van der Waals surface area (Å²) in [6.07, 6.45) is 1.74. The maximum Gasteiger partial charge on any atom is 0.258 e. The molecule has 7 nitrogen and oxygen atoms in total. The third-order valence-electron chi connectivity index (χ3n) is 5.48. The SMILES string of the molecule is Cc1cc(C(=O)N2CCN(Cc3cc(=O)n4ccsc4n3)CC2)c2ccccc2n1. The first-order chi connectivity index (χ1) is 14.6. The number of carbonyl (C=O) groups is 1. The Labute approximate surface area is 177 Å². The number of hydrogen-bond donors (Lipinski definition) is 0. The van der Waals surface area contributed by atoms with Crippen LogP contribution in [0, 0.1) is 6.92 Å². The molecule has 0 saturated carbocycles. The van der Waals surface area contributed by atoms with E-state index < -0.39 is 0 Å². The lowest BCUT2D eigenvalue weighted by atomic mass is 10.1. The van der Waals surface area contributed by atoms with Gasteiger partial charge in [-0.15, -0.1) is 11.3 Å². The first-order valence-corrected chi connectivity index (χ1v) is 10.8. The number of thiazole rings is 1. The molecular formula is C22H21N5O2S. The molecule has 30 heavy (non-hydrogen) atoms. The maximum atomic E-state index is 13.2. The molecule has 1 saturated heterocycles. The van der Waals surface area contributed by atoms with Crippen LogP contribution >= 0.6 is 11.3 Å². The van der Waals surface area contributed by atoms with Gasteiger partial charge in [0.25, 0.3) is 11.5 Å². The molecule has 4 heterocycles. The Kier molecular flexibility index (Phi) is 4.80. The summed E-state index contributed by atoms with van der Waals surface area (Å²) in [4.78, 5) is 39.4. The van der Waals surface area contributed by atoms with E-state index in [2.05, 4.69) is 14.9 Å². The van der Waals surface area contributed by atoms with Crippen molar-refractivity contribution in [2.75, 3.05) is 26.2 Å². The van der Waals surface area contributed by atoms with Gasteiger partial charge in [0.1, 0.15) is 0 Å². The molecule has 0 aliphatic carbocycles. The molecule has 1 aromatic carbocycles. The Hall–Kier alpha value is -3.10. The minimum absolute atomic E-state index is 0.0488. The molecule has 5 rings (SSSR count). The Morgan fingerprint density at radius 2 is 1.90 bits per heavy atom. The first-order valence-electron chi connectivity index (χ1n) is 9.92. The van der Waals surface area contributed by atoms with Gasteiger partial charge in [0.15, 0.2) is 4.96 Å². The van der Waals surface area contributed by atoms with Crippen LogP contribution in [0.3, 0.4) is 0 Å². The van der Waals surface area contributed by atoms with E-state index in [9.17, 15) is 9.59 Å². The summed E-state index contributed by atoms with van der Waals surface area (Å²) in [5, 5.41) is 2.76. The average Bonchev–Trinajstić information content (AvgIpc) is 3.22. The van der Waals surface area contributed by atoms with E-state index in [1.807, 2.05) is 47.5 Å². The Balaban J connectivity index is 1.30. The number of carbonyl (C=O) groups excluding carboxylic acids is 1. The number of aromatic nitrogens is 3. The van der Waals surface area contributed by atoms with E-state index in [1.165, 1.54) is 11.3 Å². The molecule has 1 aliphatic rings. The molecule has 152 valence electrons. The quantitative estimate of drug-likeness (QED) is 0.510. The van der Waals surface area contributed by atoms with Crippen molar-refractivity contribution in [2.24, 2.45) is 0 Å². The lowest BCUT2D eigenvalue weighted by Crippen LogP contribution is -2.48. The number of aryl methyl sites for hydroxylation is 1. The largest absolute Gasteiger partial charge is 0.336 e. The van der Waals surface area contributed by atoms with Crippen LogP contribution in [0.15, 0.2) is 52.8 Å². The highest BCUT2D eigenvalue weighted by Crippen LogP contribution is 2.21. The number of pyridine rings is 1. The second-order valence-corrected chi connectivity index (χ2v) is 8.41. The van der Waals surface area contributed by atoms with Gasteiger partial charge in [-0.05, 0) is 19.1 Å². The Morgan fingerprint density at radius 3 is 2.73 bits per heavy atom. The second kappa shape index (κ2) is 7.62. The van der Waals surface area contributed by atoms with Crippen molar-refractivity contribution in [3.8, 4) is 0 Å². The number of fused-ring (bicyclic) bond motifs is 2. The fraction of sp³-hybridized carbons (Fsp3) is 0.273. The monoisotopic (exact) mass is 419 g/mol. The van der Waals surface area contributed by atoms with Gasteiger partial charge in [0.05, 0.1) is 16.8 Å². The highest BCUT2D eigenvalue weighted by Gasteiger charge is 2.24. The van der Waals surface area contributed by atoms with Gasteiger partial charge in [-0.2, -0.15) is 0 Å². The van der Waals surface area contributed by atoms with Crippen molar-refractivity contribution in [2.45, 2.75) is 13.5 Å². The van der Waals surface area contributed by atoms with Crippen LogP contribution < -0.4 is 5.56 Å². The summed E-state index contributed by atoms with van der Waals surface area (Å²) in [5.41, 5.74) is 3.13. The highest BCUT2D eigenvalue weighted by atomic mass is 32.1. The molecule has 0 bridgehead atoms. The van der Waals surface area contributed by atoms with Gasteiger partial charge < -0.3 is 4.90 Å². The standard InChI is InChI=1S/C22H21N5O2S/c1-15-12-18(17-4-2-3-5-19(17)23-15)21(29)26-8-6-25(7-9-26)14-16-13-20(28)27-10-11-30-22(27)24-16/h2-5,10-13H,6-9,14H2,1H3. The van der Waals surface area contributed by atoms with Crippen molar-refractivity contribution < 1.29 is 4.79 Å². The number of para-hydroxylation sites is 1. The molecule has 0 atom stereocenters. The number of hydrogen-bond acceptors (Lipinski definition) is 6. The molecular weight excluding hydrogens is 398 g/mol. The van der Waals surface area contributed by atoms with E-state index >= 15 is 0 Å². The summed E-state index contributed by atoms with van der Waals surface area (Å²) < 4.78 is 1.56. The summed E-state index contributed by atoms with van der Waals surface area (Å²) in [7, 11) is 0. The number of nitrogens with zero attached hydrogens (tertiary/aromatic N) is 5. The Morgan fingerprint density at radius 1 is 1.10 bits per heavy atom. The maximum absolute atomic E-state index is 13.2. The van der Waals surface area contributed by atoms with E-state index in [1.54, 1.807) is 16.7 Å². The van der Waals surface area contributed by atoms with Crippen LogP contribution in [0.4, 0.5) is 0 Å². The molecule has 0 N–H and O–H groups in total. The summed E-state index contributed by atoms with van der Waals surface area (Å²) in [6, 6.07) is 11.3. The molecule has 1 fully saturated rings. The summed E-state index contributed by atoms with van der Waals surface area (Å²) in [6.45, 7) is 5.33. The minimum Gasteiger partial charge on any atom is -0.336 e. The average molecular weight is 420 g/mol. The Bertz CT molecular complexity index is 1300. The summed E-state index contributed by atoms with van der Waals surface area (Å²) >= 11 is 1.46. The van der Waals surface area contributed by atoms with Gasteiger partial charge in [-0.3, -0.25) is 23.9 Å². The van der Waals surface area contributed by atoms with Crippen molar-refractivity contribution in [1.29, 1.82) is 0 Å². The molecule has 3 aromatic heterocycles. The lowest BCUT2D eigenvalue weighted by Gasteiger charge is -2.34. The van der Waals surface area contributed by atoms with Gasteiger partial charge in [0, 0.05) is 61.4 Å².